The number of aromatic nitrogens is 1. The zero-order valence-electron chi connectivity index (χ0n) is 12.7. The molecule has 1 amide bonds. The fourth-order valence-electron chi connectivity index (χ4n) is 3.61. The first kappa shape index (κ1) is 14.9. The van der Waals surface area contributed by atoms with Crippen LogP contribution in [0.4, 0.5) is 8.78 Å². The van der Waals surface area contributed by atoms with E-state index in [1.165, 1.54) is 20.0 Å². The molecule has 1 aliphatic heterocycles. The molecular formula is C16H17F2N3O. The van der Waals surface area contributed by atoms with Crippen molar-refractivity contribution in [1.29, 1.82) is 5.26 Å². The van der Waals surface area contributed by atoms with Crippen LogP contribution in [0.1, 0.15) is 49.4 Å². The number of nitriles is 1. The summed E-state index contributed by atoms with van der Waals surface area (Å²) in [4.78, 5) is 18.2. The number of carbonyl (C=O) groups excluding carboxylic acids is 1. The second kappa shape index (κ2) is 4.73. The molecule has 3 atom stereocenters. The zero-order valence-corrected chi connectivity index (χ0v) is 12.7. The lowest BCUT2D eigenvalue weighted by Gasteiger charge is -2.41. The summed E-state index contributed by atoms with van der Waals surface area (Å²) >= 11 is 0. The monoisotopic (exact) mass is 305 g/mol. The molecule has 1 aliphatic carbocycles. The van der Waals surface area contributed by atoms with Crippen LogP contribution in [0, 0.1) is 22.7 Å². The molecule has 2 heterocycles. The van der Waals surface area contributed by atoms with Gasteiger partial charge in [0.25, 0.3) is 6.43 Å². The molecule has 0 spiro atoms. The molecule has 0 radical (unpaired) electrons. The van der Waals surface area contributed by atoms with E-state index in [0.717, 1.165) is 11.1 Å². The topological polar surface area (TPSA) is 57.0 Å². The van der Waals surface area contributed by atoms with Crippen LogP contribution in [-0.4, -0.2) is 28.8 Å². The Labute approximate surface area is 127 Å². The van der Waals surface area contributed by atoms with Gasteiger partial charge in [0.1, 0.15) is 11.5 Å². The van der Waals surface area contributed by atoms with Crippen molar-refractivity contribution >= 4 is 5.91 Å². The van der Waals surface area contributed by atoms with E-state index in [4.69, 9.17) is 0 Å². The lowest BCUT2D eigenvalue weighted by molar-refractivity contribution is -0.150. The molecule has 0 bridgehead atoms. The first-order valence-electron chi connectivity index (χ1n) is 7.27. The maximum Gasteiger partial charge on any atom is 0.252 e. The van der Waals surface area contributed by atoms with Crippen LogP contribution in [0.25, 0.3) is 0 Å². The van der Waals surface area contributed by atoms with Gasteiger partial charge in [0.15, 0.2) is 0 Å². The number of fused-ring (bicyclic) bond motifs is 4. The lowest BCUT2D eigenvalue weighted by Crippen LogP contribution is -2.46. The summed E-state index contributed by atoms with van der Waals surface area (Å²) in [7, 11) is 0. The van der Waals surface area contributed by atoms with E-state index in [1.807, 2.05) is 6.92 Å². The average Bonchev–Trinajstić information content (AvgIpc) is 2.74. The number of halogens is 2. The Kier molecular flexibility index (Phi) is 3.20. The number of likely N-dealkylation sites (tertiary alicyclic amines) is 1. The van der Waals surface area contributed by atoms with Gasteiger partial charge in [-0.2, -0.15) is 5.26 Å². The van der Waals surface area contributed by atoms with Gasteiger partial charge in [-0.1, -0.05) is 6.92 Å². The van der Waals surface area contributed by atoms with Gasteiger partial charge in [-0.05, 0) is 30.9 Å². The number of rotatable bonds is 2. The predicted octanol–water partition coefficient (Wildman–Crippen LogP) is 2.86. The summed E-state index contributed by atoms with van der Waals surface area (Å²) in [6, 6.07) is 1.90. The number of amides is 1. The third-order valence-corrected chi connectivity index (χ3v) is 4.92. The van der Waals surface area contributed by atoms with Crippen LogP contribution in [0.2, 0.25) is 0 Å². The van der Waals surface area contributed by atoms with Crippen LogP contribution in [0.15, 0.2) is 12.4 Å². The third kappa shape index (κ3) is 1.78. The standard InChI is InChI=1S/C16H17F2N3O/c1-8-7-21(15(22)16(2,3)14(17)18)13-10-6-20-5-9(4-19)12(10)11(8)13/h5-6,8,11,13-14H,7H2,1-3H3/t8-,11?,13+/m0/s1. The number of nitrogens with zero attached hydrogens (tertiary/aromatic N) is 3. The van der Waals surface area contributed by atoms with E-state index < -0.39 is 17.7 Å². The first-order valence-corrected chi connectivity index (χ1v) is 7.27. The van der Waals surface area contributed by atoms with Crippen LogP contribution in [-0.2, 0) is 4.79 Å². The molecule has 0 saturated carbocycles. The highest BCUT2D eigenvalue weighted by Crippen LogP contribution is 2.58. The minimum absolute atomic E-state index is 0.0464. The van der Waals surface area contributed by atoms with E-state index in [9.17, 15) is 18.8 Å². The Bertz CT molecular complexity index is 680. The SMILES string of the molecule is C[C@H]1CN(C(=O)C(C)(C)C(F)F)[C@@H]2c3cncc(C#N)c3C21. The van der Waals surface area contributed by atoms with E-state index in [-0.39, 0.29) is 17.9 Å². The average molecular weight is 305 g/mol. The first-order chi connectivity index (χ1) is 10.3. The van der Waals surface area contributed by atoms with Crippen molar-refractivity contribution in [3.8, 4) is 6.07 Å². The Morgan fingerprint density at radius 2 is 2.18 bits per heavy atom. The van der Waals surface area contributed by atoms with Gasteiger partial charge in [-0.25, -0.2) is 8.78 Å². The molecule has 0 aromatic carbocycles. The minimum Gasteiger partial charge on any atom is -0.334 e. The molecule has 1 fully saturated rings. The third-order valence-electron chi connectivity index (χ3n) is 4.92. The summed E-state index contributed by atoms with van der Waals surface area (Å²) in [5.74, 6) is -0.343. The molecular weight excluding hydrogens is 288 g/mol. The number of alkyl halides is 2. The molecule has 4 nitrogen and oxygen atoms in total. The van der Waals surface area contributed by atoms with E-state index in [1.54, 1.807) is 11.1 Å². The van der Waals surface area contributed by atoms with Crippen LogP contribution >= 0.6 is 0 Å². The van der Waals surface area contributed by atoms with Gasteiger partial charge < -0.3 is 4.90 Å². The maximum absolute atomic E-state index is 13.2. The summed E-state index contributed by atoms with van der Waals surface area (Å²) in [5, 5.41) is 9.19. The van der Waals surface area contributed by atoms with Crippen molar-refractivity contribution in [1.82, 2.24) is 9.88 Å². The smallest absolute Gasteiger partial charge is 0.252 e. The van der Waals surface area contributed by atoms with Gasteiger partial charge >= 0.3 is 0 Å². The molecule has 1 saturated heterocycles. The van der Waals surface area contributed by atoms with Gasteiger partial charge in [0, 0.05) is 24.9 Å². The molecule has 6 heteroatoms. The number of hydrogen-bond donors (Lipinski definition) is 0. The van der Waals surface area contributed by atoms with Gasteiger partial charge in [0.2, 0.25) is 5.91 Å². The Balaban J connectivity index is 1.99. The second-order valence-corrected chi connectivity index (χ2v) is 6.73. The van der Waals surface area contributed by atoms with Crippen molar-refractivity contribution in [3.63, 3.8) is 0 Å². The highest BCUT2D eigenvalue weighted by atomic mass is 19.3. The highest BCUT2D eigenvalue weighted by Gasteiger charge is 2.55. The van der Waals surface area contributed by atoms with Crippen molar-refractivity contribution in [2.24, 2.45) is 11.3 Å². The zero-order chi connectivity index (χ0) is 16.2. The molecule has 1 aromatic rings. The van der Waals surface area contributed by atoms with Crippen molar-refractivity contribution < 1.29 is 13.6 Å². The molecule has 116 valence electrons. The molecule has 2 aliphatic rings. The van der Waals surface area contributed by atoms with E-state index in [2.05, 4.69) is 11.1 Å². The quantitative estimate of drug-likeness (QED) is 0.844. The minimum atomic E-state index is -2.71. The fourth-order valence-corrected chi connectivity index (χ4v) is 3.61. The summed E-state index contributed by atoms with van der Waals surface area (Å²) in [5.41, 5.74) is 0.574. The van der Waals surface area contributed by atoms with E-state index in [0.29, 0.717) is 12.1 Å². The lowest BCUT2D eigenvalue weighted by atomic mass is 9.69. The van der Waals surface area contributed by atoms with Gasteiger partial charge in [0.05, 0.1) is 11.6 Å². The highest BCUT2D eigenvalue weighted by molar-refractivity contribution is 5.84. The van der Waals surface area contributed by atoms with Crippen LogP contribution in [0.5, 0.6) is 0 Å². The van der Waals surface area contributed by atoms with Gasteiger partial charge in [-0.15, -0.1) is 0 Å². The molecule has 1 unspecified atom stereocenters. The van der Waals surface area contributed by atoms with Crippen molar-refractivity contribution in [2.75, 3.05) is 6.54 Å². The predicted molar refractivity (Wildman–Crippen MR) is 75.1 cm³/mol. The normalized spacial score (nSPS) is 26.2. The summed E-state index contributed by atoms with van der Waals surface area (Å²) in [6.07, 6.45) is 0.456. The fraction of sp³-hybridized carbons (Fsp3) is 0.562. The molecule has 0 N–H and O–H groups in total. The molecule has 1 aromatic heterocycles. The molecule has 22 heavy (non-hydrogen) atoms. The summed E-state index contributed by atoms with van der Waals surface area (Å²) < 4.78 is 26.3. The van der Waals surface area contributed by atoms with Crippen molar-refractivity contribution in [3.05, 3.63) is 29.1 Å². The second-order valence-electron chi connectivity index (χ2n) is 6.73. The Hall–Kier alpha value is -2.03. The number of carbonyl (C=O) groups is 1. The number of pyridine rings is 1. The number of hydrogen-bond acceptors (Lipinski definition) is 3. The largest absolute Gasteiger partial charge is 0.334 e. The Morgan fingerprint density at radius 3 is 2.77 bits per heavy atom. The van der Waals surface area contributed by atoms with Crippen LogP contribution in [0.3, 0.4) is 0 Å². The maximum atomic E-state index is 13.2. The van der Waals surface area contributed by atoms with Gasteiger partial charge in [-0.3, -0.25) is 9.78 Å². The molecule has 3 rings (SSSR count). The van der Waals surface area contributed by atoms with E-state index >= 15 is 0 Å². The van der Waals surface area contributed by atoms with Crippen LogP contribution < -0.4 is 0 Å². The van der Waals surface area contributed by atoms with Crippen molar-refractivity contribution in [2.45, 2.75) is 39.2 Å². The summed E-state index contributed by atoms with van der Waals surface area (Å²) in [6.45, 7) is 4.98. The Morgan fingerprint density at radius 1 is 1.50 bits per heavy atom.